The maximum absolute atomic E-state index is 5.52. The zero-order valence-corrected chi connectivity index (χ0v) is 11.6. The first-order chi connectivity index (χ1) is 9.22. The van der Waals surface area contributed by atoms with Gasteiger partial charge < -0.3 is 10.6 Å². The van der Waals surface area contributed by atoms with E-state index in [1.165, 1.54) is 11.3 Å². The molecule has 0 bridgehead atoms. The number of hydrogen-bond donors (Lipinski definition) is 1. The maximum atomic E-state index is 5.52. The van der Waals surface area contributed by atoms with Gasteiger partial charge in [0.2, 0.25) is 0 Å². The fourth-order valence-electron chi connectivity index (χ4n) is 1.99. The van der Waals surface area contributed by atoms with Crippen molar-refractivity contribution in [2.75, 3.05) is 18.0 Å². The highest BCUT2D eigenvalue weighted by atomic mass is 15.4. The largest absolute Gasteiger partial charge is 0.370 e. The number of aryl methyl sites for hydroxylation is 1. The van der Waals surface area contributed by atoms with E-state index in [1.807, 2.05) is 10.9 Å². The van der Waals surface area contributed by atoms with Gasteiger partial charge in [0.05, 0.1) is 12.2 Å². The Hall–Kier alpha value is -1.88. The van der Waals surface area contributed by atoms with Crippen molar-refractivity contribution in [3.63, 3.8) is 0 Å². The molecular weight excluding hydrogens is 238 g/mol. The highest BCUT2D eigenvalue weighted by molar-refractivity contribution is 5.47. The van der Waals surface area contributed by atoms with Gasteiger partial charge in [-0.2, -0.15) is 0 Å². The standard InChI is InChI=1S/C14H21N5/c1-3-18(14-6-4-12(2)5-7-14)8-9-19-11-13(10-15)16-17-19/h4-7,11H,3,8-10,15H2,1-2H3. The minimum atomic E-state index is 0.440. The molecule has 0 spiro atoms. The average molecular weight is 259 g/mol. The van der Waals surface area contributed by atoms with E-state index in [0.717, 1.165) is 25.3 Å². The molecule has 0 fully saturated rings. The number of rotatable bonds is 6. The van der Waals surface area contributed by atoms with E-state index < -0.39 is 0 Å². The third kappa shape index (κ3) is 3.54. The Morgan fingerprint density at radius 2 is 2.00 bits per heavy atom. The van der Waals surface area contributed by atoms with Crippen LogP contribution >= 0.6 is 0 Å². The molecule has 0 radical (unpaired) electrons. The Balaban J connectivity index is 1.97. The van der Waals surface area contributed by atoms with E-state index >= 15 is 0 Å². The van der Waals surface area contributed by atoms with Crippen LogP contribution < -0.4 is 10.6 Å². The zero-order valence-electron chi connectivity index (χ0n) is 11.6. The van der Waals surface area contributed by atoms with Gasteiger partial charge in [-0.25, -0.2) is 0 Å². The summed E-state index contributed by atoms with van der Waals surface area (Å²) in [5.41, 5.74) is 8.88. The Bertz CT molecular complexity index is 503. The SMILES string of the molecule is CCN(CCn1cc(CN)nn1)c1ccc(C)cc1. The lowest BCUT2D eigenvalue weighted by Crippen LogP contribution is -2.27. The molecule has 0 unspecified atom stereocenters. The van der Waals surface area contributed by atoms with Crippen LogP contribution in [0.15, 0.2) is 30.5 Å². The van der Waals surface area contributed by atoms with Gasteiger partial charge in [-0.05, 0) is 26.0 Å². The third-order valence-corrected chi connectivity index (χ3v) is 3.18. The minimum Gasteiger partial charge on any atom is -0.370 e. The summed E-state index contributed by atoms with van der Waals surface area (Å²) in [6.45, 7) is 7.40. The number of likely N-dealkylation sites (N-methyl/N-ethyl adjacent to an activating group) is 1. The summed E-state index contributed by atoms with van der Waals surface area (Å²) in [6, 6.07) is 8.59. The van der Waals surface area contributed by atoms with Crippen LogP contribution in [0.3, 0.4) is 0 Å². The van der Waals surface area contributed by atoms with Gasteiger partial charge in [-0.1, -0.05) is 22.9 Å². The van der Waals surface area contributed by atoms with Crippen LogP contribution in [0.25, 0.3) is 0 Å². The summed E-state index contributed by atoms with van der Waals surface area (Å²) in [4.78, 5) is 2.32. The van der Waals surface area contributed by atoms with Gasteiger partial charge in [0, 0.05) is 31.5 Å². The lowest BCUT2D eigenvalue weighted by Gasteiger charge is -2.23. The van der Waals surface area contributed by atoms with Gasteiger partial charge >= 0.3 is 0 Å². The fraction of sp³-hybridized carbons (Fsp3) is 0.429. The van der Waals surface area contributed by atoms with Gasteiger partial charge in [0.15, 0.2) is 0 Å². The Kier molecular flexibility index (Phi) is 4.52. The van der Waals surface area contributed by atoms with Crippen LogP contribution in [-0.4, -0.2) is 28.1 Å². The Morgan fingerprint density at radius 3 is 2.58 bits per heavy atom. The lowest BCUT2D eigenvalue weighted by molar-refractivity contribution is 0.579. The molecule has 0 saturated carbocycles. The molecule has 1 aromatic carbocycles. The molecule has 0 aliphatic rings. The molecule has 0 amide bonds. The van der Waals surface area contributed by atoms with E-state index in [1.54, 1.807) is 0 Å². The quantitative estimate of drug-likeness (QED) is 0.855. The second-order valence-corrected chi connectivity index (χ2v) is 4.59. The molecule has 2 N–H and O–H groups in total. The molecule has 102 valence electrons. The predicted octanol–water partition coefficient (Wildman–Crippen LogP) is 1.57. The Labute approximate surface area is 114 Å². The van der Waals surface area contributed by atoms with Crippen LogP contribution in [0.4, 0.5) is 5.69 Å². The molecule has 1 heterocycles. The van der Waals surface area contributed by atoms with Crippen molar-refractivity contribution in [3.8, 4) is 0 Å². The number of aromatic nitrogens is 3. The number of nitrogens with zero attached hydrogens (tertiary/aromatic N) is 4. The van der Waals surface area contributed by atoms with E-state index in [4.69, 9.17) is 5.73 Å². The summed E-state index contributed by atoms with van der Waals surface area (Å²) in [6.07, 6.45) is 1.91. The highest BCUT2D eigenvalue weighted by Crippen LogP contribution is 2.14. The number of anilines is 1. The highest BCUT2D eigenvalue weighted by Gasteiger charge is 2.05. The lowest BCUT2D eigenvalue weighted by atomic mass is 10.2. The summed E-state index contributed by atoms with van der Waals surface area (Å²) >= 11 is 0. The van der Waals surface area contributed by atoms with Crippen molar-refractivity contribution in [1.82, 2.24) is 15.0 Å². The second-order valence-electron chi connectivity index (χ2n) is 4.59. The Morgan fingerprint density at radius 1 is 1.26 bits per heavy atom. The van der Waals surface area contributed by atoms with Crippen LogP contribution in [0, 0.1) is 6.92 Å². The van der Waals surface area contributed by atoms with Gasteiger partial charge in [-0.3, -0.25) is 4.68 Å². The van der Waals surface area contributed by atoms with Crippen LogP contribution in [0.5, 0.6) is 0 Å². The number of nitrogens with two attached hydrogens (primary N) is 1. The summed E-state index contributed by atoms with van der Waals surface area (Å²) in [5.74, 6) is 0. The van der Waals surface area contributed by atoms with Crippen molar-refractivity contribution in [1.29, 1.82) is 0 Å². The van der Waals surface area contributed by atoms with Gasteiger partial charge in [-0.15, -0.1) is 5.10 Å². The molecule has 2 rings (SSSR count). The predicted molar refractivity (Wildman–Crippen MR) is 77.0 cm³/mol. The minimum absolute atomic E-state index is 0.440. The van der Waals surface area contributed by atoms with E-state index in [0.29, 0.717) is 6.54 Å². The molecule has 0 atom stereocenters. The van der Waals surface area contributed by atoms with Crippen LogP contribution in [0.2, 0.25) is 0 Å². The zero-order chi connectivity index (χ0) is 13.7. The normalized spacial score (nSPS) is 10.7. The first-order valence-corrected chi connectivity index (χ1v) is 6.63. The summed E-state index contributed by atoms with van der Waals surface area (Å²) in [7, 11) is 0. The molecule has 0 saturated heterocycles. The number of benzene rings is 1. The van der Waals surface area contributed by atoms with Crippen molar-refractivity contribution in [3.05, 3.63) is 41.7 Å². The first kappa shape index (κ1) is 13.5. The fourth-order valence-corrected chi connectivity index (χ4v) is 1.99. The van der Waals surface area contributed by atoms with Crippen LogP contribution in [-0.2, 0) is 13.1 Å². The van der Waals surface area contributed by atoms with E-state index in [-0.39, 0.29) is 0 Å². The van der Waals surface area contributed by atoms with Crippen molar-refractivity contribution >= 4 is 5.69 Å². The maximum Gasteiger partial charge on any atom is 0.0962 e. The second kappa shape index (κ2) is 6.33. The smallest absolute Gasteiger partial charge is 0.0962 e. The molecule has 0 aliphatic carbocycles. The molecule has 5 heteroatoms. The topological polar surface area (TPSA) is 60.0 Å². The molecule has 5 nitrogen and oxygen atoms in total. The van der Waals surface area contributed by atoms with E-state index in [9.17, 15) is 0 Å². The molecule has 2 aromatic rings. The van der Waals surface area contributed by atoms with E-state index in [2.05, 4.69) is 53.3 Å². The molecule has 0 aliphatic heterocycles. The summed E-state index contributed by atoms with van der Waals surface area (Å²) < 4.78 is 1.85. The van der Waals surface area contributed by atoms with Crippen LogP contribution in [0.1, 0.15) is 18.2 Å². The third-order valence-electron chi connectivity index (χ3n) is 3.18. The summed E-state index contributed by atoms with van der Waals surface area (Å²) in [5, 5.41) is 8.05. The van der Waals surface area contributed by atoms with Crippen molar-refractivity contribution in [2.45, 2.75) is 26.9 Å². The van der Waals surface area contributed by atoms with Crippen molar-refractivity contribution < 1.29 is 0 Å². The average Bonchev–Trinajstić information content (AvgIpc) is 2.89. The molecule has 1 aromatic heterocycles. The molecular formula is C14H21N5. The molecule has 19 heavy (non-hydrogen) atoms. The van der Waals surface area contributed by atoms with Crippen molar-refractivity contribution in [2.24, 2.45) is 5.73 Å². The van der Waals surface area contributed by atoms with Gasteiger partial charge in [0.1, 0.15) is 0 Å². The first-order valence-electron chi connectivity index (χ1n) is 6.63. The monoisotopic (exact) mass is 259 g/mol. The van der Waals surface area contributed by atoms with Gasteiger partial charge in [0.25, 0.3) is 0 Å². The number of hydrogen-bond acceptors (Lipinski definition) is 4.